The van der Waals surface area contributed by atoms with Gasteiger partial charge in [0, 0.05) is 68.8 Å². The number of likely N-dealkylation sites (N-methyl/N-ethyl adjacent to an activating group) is 1. The van der Waals surface area contributed by atoms with E-state index in [0.29, 0.717) is 18.2 Å². The van der Waals surface area contributed by atoms with Crippen molar-refractivity contribution in [1.29, 1.82) is 0 Å². The summed E-state index contributed by atoms with van der Waals surface area (Å²) in [5.41, 5.74) is 5.40. The van der Waals surface area contributed by atoms with E-state index in [9.17, 15) is 4.79 Å². The van der Waals surface area contributed by atoms with Crippen LogP contribution in [0.3, 0.4) is 0 Å². The fourth-order valence-corrected chi connectivity index (χ4v) is 4.91. The van der Waals surface area contributed by atoms with Crippen LogP contribution in [-0.4, -0.2) is 71.0 Å². The molecule has 1 aliphatic heterocycles. The fourth-order valence-electron chi connectivity index (χ4n) is 4.91. The standard InChI is InChI=1S/C25H32N8O2/c1-25(2)14-16-15-27-23(28-17-6-8-18(9-7-17)33-12-10-31(4)11-13-33)29-20(16)21-19(25)22(30-32(21)5)35-24(34)26-3/h6-9,15H,10-14H2,1-5H3,(H,26,34)(H,27,28,29). The Bertz CT molecular complexity index is 1240. The van der Waals surface area contributed by atoms with Crippen LogP contribution < -0.4 is 20.3 Å². The van der Waals surface area contributed by atoms with Gasteiger partial charge in [0.05, 0.1) is 11.4 Å². The molecule has 0 bridgehead atoms. The summed E-state index contributed by atoms with van der Waals surface area (Å²) in [5.74, 6) is 0.821. The Labute approximate surface area is 205 Å². The van der Waals surface area contributed by atoms with Gasteiger partial charge in [0.2, 0.25) is 11.8 Å². The van der Waals surface area contributed by atoms with Gasteiger partial charge >= 0.3 is 6.09 Å². The second kappa shape index (κ2) is 8.84. The zero-order chi connectivity index (χ0) is 24.7. The van der Waals surface area contributed by atoms with Crippen molar-refractivity contribution in [2.24, 2.45) is 7.05 Å². The van der Waals surface area contributed by atoms with Crippen molar-refractivity contribution in [3.8, 4) is 17.3 Å². The van der Waals surface area contributed by atoms with Crippen LogP contribution in [0.1, 0.15) is 25.0 Å². The third-order valence-corrected chi connectivity index (χ3v) is 6.80. The van der Waals surface area contributed by atoms with Crippen LogP contribution >= 0.6 is 0 Å². The molecule has 5 rings (SSSR count). The maximum Gasteiger partial charge on any atom is 0.413 e. The molecule has 1 amide bonds. The van der Waals surface area contributed by atoms with Crippen LogP contribution in [0.15, 0.2) is 30.5 Å². The highest BCUT2D eigenvalue weighted by atomic mass is 16.6. The molecule has 3 heterocycles. The molecule has 1 aliphatic carbocycles. The Kier molecular flexibility index (Phi) is 5.84. The Balaban J connectivity index is 1.41. The Hall–Kier alpha value is -3.66. The number of carbonyl (C=O) groups is 1. The molecule has 10 nitrogen and oxygen atoms in total. The Morgan fingerprint density at radius 1 is 1.09 bits per heavy atom. The molecule has 184 valence electrons. The summed E-state index contributed by atoms with van der Waals surface area (Å²) in [5, 5.41) is 10.3. The molecule has 0 spiro atoms. The van der Waals surface area contributed by atoms with E-state index in [0.717, 1.165) is 54.4 Å². The molecule has 0 atom stereocenters. The van der Waals surface area contributed by atoms with Crippen LogP contribution in [-0.2, 0) is 18.9 Å². The Morgan fingerprint density at radius 3 is 2.49 bits per heavy atom. The lowest BCUT2D eigenvalue weighted by Gasteiger charge is -2.34. The van der Waals surface area contributed by atoms with Crippen LogP contribution in [0.5, 0.6) is 5.88 Å². The van der Waals surface area contributed by atoms with Crippen molar-refractivity contribution >= 4 is 23.4 Å². The summed E-state index contributed by atoms with van der Waals surface area (Å²) in [4.78, 5) is 26.1. The molecule has 2 aromatic heterocycles. The van der Waals surface area contributed by atoms with Crippen molar-refractivity contribution in [2.75, 3.05) is 50.5 Å². The highest BCUT2D eigenvalue weighted by Gasteiger charge is 2.39. The van der Waals surface area contributed by atoms with Gasteiger partial charge in [0.1, 0.15) is 0 Å². The van der Waals surface area contributed by atoms with Crippen LogP contribution in [0.25, 0.3) is 11.4 Å². The third-order valence-electron chi connectivity index (χ3n) is 6.80. The number of anilines is 3. The molecule has 10 heteroatoms. The van der Waals surface area contributed by atoms with E-state index in [4.69, 9.17) is 9.72 Å². The average molecular weight is 477 g/mol. The summed E-state index contributed by atoms with van der Waals surface area (Å²) >= 11 is 0. The first-order valence-electron chi connectivity index (χ1n) is 11.9. The van der Waals surface area contributed by atoms with Crippen molar-refractivity contribution in [3.05, 3.63) is 41.6 Å². The van der Waals surface area contributed by atoms with Gasteiger partial charge in [-0.1, -0.05) is 13.8 Å². The molecule has 35 heavy (non-hydrogen) atoms. The number of nitrogens with zero attached hydrogens (tertiary/aromatic N) is 6. The summed E-state index contributed by atoms with van der Waals surface area (Å²) in [7, 11) is 5.53. The van der Waals surface area contributed by atoms with Crippen molar-refractivity contribution < 1.29 is 9.53 Å². The first kappa shape index (κ1) is 23.1. The molecule has 0 radical (unpaired) electrons. The predicted octanol–water partition coefficient (Wildman–Crippen LogP) is 2.92. The fraction of sp³-hybridized carbons (Fsp3) is 0.440. The van der Waals surface area contributed by atoms with Crippen molar-refractivity contribution in [2.45, 2.75) is 25.7 Å². The minimum atomic E-state index is -0.544. The van der Waals surface area contributed by atoms with Gasteiger partial charge in [0.15, 0.2) is 0 Å². The maximum atomic E-state index is 11.9. The maximum absolute atomic E-state index is 11.9. The number of ether oxygens (including phenoxy) is 1. The number of hydrogen-bond acceptors (Lipinski definition) is 8. The first-order valence-corrected chi connectivity index (χ1v) is 11.9. The van der Waals surface area contributed by atoms with Gasteiger partial charge < -0.3 is 25.2 Å². The lowest BCUT2D eigenvalue weighted by molar-refractivity contribution is 0.199. The number of piperazine rings is 1. The molecule has 0 saturated carbocycles. The molecule has 1 fully saturated rings. The lowest BCUT2D eigenvalue weighted by Crippen LogP contribution is -2.44. The largest absolute Gasteiger partial charge is 0.413 e. The van der Waals surface area contributed by atoms with Gasteiger partial charge in [0.25, 0.3) is 0 Å². The zero-order valence-electron chi connectivity index (χ0n) is 20.9. The summed E-state index contributed by atoms with van der Waals surface area (Å²) in [6.45, 7) is 8.44. The molecule has 1 saturated heterocycles. The lowest BCUT2D eigenvalue weighted by atomic mass is 9.74. The zero-order valence-corrected chi connectivity index (χ0v) is 20.9. The number of aryl methyl sites for hydroxylation is 1. The molecule has 1 aromatic carbocycles. The molecule has 3 aromatic rings. The molecule has 2 aliphatic rings. The minimum absolute atomic E-state index is 0.294. The van der Waals surface area contributed by atoms with Gasteiger partial charge in [-0.05, 0) is 43.3 Å². The van der Waals surface area contributed by atoms with Gasteiger partial charge in [-0.3, -0.25) is 4.68 Å². The number of fused-ring (bicyclic) bond motifs is 3. The van der Waals surface area contributed by atoms with Crippen LogP contribution in [0.4, 0.5) is 22.1 Å². The van der Waals surface area contributed by atoms with Crippen LogP contribution in [0.2, 0.25) is 0 Å². The van der Waals surface area contributed by atoms with Crippen LogP contribution in [0, 0.1) is 0 Å². The minimum Gasteiger partial charge on any atom is -0.389 e. The van der Waals surface area contributed by atoms with Gasteiger partial charge in [-0.15, -0.1) is 5.10 Å². The van der Waals surface area contributed by atoms with Gasteiger partial charge in [-0.2, -0.15) is 0 Å². The smallest absolute Gasteiger partial charge is 0.389 e. The molecular weight excluding hydrogens is 444 g/mol. The Morgan fingerprint density at radius 2 is 1.80 bits per heavy atom. The average Bonchev–Trinajstić information content (AvgIpc) is 3.17. The topological polar surface area (TPSA) is 100 Å². The van der Waals surface area contributed by atoms with E-state index >= 15 is 0 Å². The quantitative estimate of drug-likeness (QED) is 0.593. The summed E-state index contributed by atoms with van der Waals surface area (Å²) in [6, 6.07) is 8.39. The second-order valence-electron chi connectivity index (χ2n) is 9.88. The number of hydrogen-bond donors (Lipinski definition) is 2. The van der Waals surface area contributed by atoms with Gasteiger partial charge in [-0.25, -0.2) is 14.8 Å². The normalized spacial score (nSPS) is 16.9. The van der Waals surface area contributed by atoms with E-state index in [-0.39, 0.29) is 5.41 Å². The van der Waals surface area contributed by atoms with E-state index < -0.39 is 6.09 Å². The number of amides is 1. The van der Waals surface area contributed by atoms with E-state index in [2.05, 4.69) is 75.7 Å². The summed E-state index contributed by atoms with van der Waals surface area (Å²) < 4.78 is 7.21. The summed E-state index contributed by atoms with van der Waals surface area (Å²) in [6.07, 6.45) is 2.04. The SMILES string of the molecule is CNC(=O)Oc1nn(C)c2c1C(C)(C)Cc1cnc(Nc3ccc(N4CCN(C)CC4)cc3)nc1-2. The van der Waals surface area contributed by atoms with E-state index in [1.165, 1.54) is 12.7 Å². The van der Waals surface area contributed by atoms with E-state index in [1.807, 2.05) is 13.2 Å². The number of nitrogens with one attached hydrogen (secondary N) is 2. The van der Waals surface area contributed by atoms with Crippen molar-refractivity contribution in [3.63, 3.8) is 0 Å². The monoisotopic (exact) mass is 476 g/mol. The third kappa shape index (κ3) is 4.41. The highest BCUT2D eigenvalue weighted by Crippen LogP contribution is 2.46. The number of rotatable bonds is 4. The molecule has 0 unspecified atom stereocenters. The molecule has 2 N–H and O–H groups in total. The number of benzene rings is 1. The van der Waals surface area contributed by atoms with E-state index in [1.54, 1.807) is 4.68 Å². The highest BCUT2D eigenvalue weighted by molar-refractivity contribution is 5.75. The number of aromatic nitrogens is 4. The second-order valence-corrected chi connectivity index (χ2v) is 9.88. The first-order chi connectivity index (χ1) is 16.7. The van der Waals surface area contributed by atoms with Crippen molar-refractivity contribution in [1.82, 2.24) is 30.0 Å². The number of carbonyl (C=O) groups excluding carboxylic acids is 1. The molecular formula is C25H32N8O2. The predicted molar refractivity (Wildman–Crippen MR) is 135 cm³/mol.